The van der Waals surface area contributed by atoms with Crippen LogP contribution in [0.1, 0.15) is 56.0 Å². The van der Waals surface area contributed by atoms with Crippen LogP contribution < -0.4 is 10.6 Å². The summed E-state index contributed by atoms with van der Waals surface area (Å²) >= 11 is 0. The van der Waals surface area contributed by atoms with Crippen molar-refractivity contribution in [2.24, 2.45) is 5.92 Å². The Morgan fingerprint density at radius 1 is 0.944 bits per heavy atom. The number of benzene rings is 2. The monoisotopic (exact) mass is 493 g/mol. The lowest BCUT2D eigenvalue weighted by Crippen LogP contribution is -2.43. The molecule has 2 aromatic carbocycles. The Hall–Kier alpha value is -3.68. The van der Waals surface area contributed by atoms with Crippen molar-refractivity contribution >= 4 is 29.4 Å². The molecule has 0 aliphatic carbocycles. The maximum absolute atomic E-state index is 12.4. The van der Waals surface area contributed by atoms with Crippen molar-refractivity contribution in [3.05, 3.63) is 65.7 Å². The first-order valence-corrected chi connectivity index (χ1v) is 12.3. The molecule has 0 aromatic heterocycles. The van der Waals surface area contributed by atoms with Crippen LogP contribution in [-0.4, -0.2) is 54.8 Å². The van der Waals surface area contributed by atoms with E-state index < -0.39 is 5.97 Å². The van der Waals surface area contributed by atoms with Gasteiger partial charge in [0.25, 0.3) is 11.8 Å². The molecule has 1 saturated heterocycles. The Kier molecular flexibility index (Phi) is 9.22. The van der Waals surface area contributed by atoms with Gasteiger partial charge in [-0.15, -0.1) is 0 Å². The van der Waals surface area contributed by atoms with Gasteiger partial charge in [-0.3, -0.25) is 19.2 Å². The van der Waals surface area contributed by atoms with Crippen LogP contribution in [0.2, 0.25) is 0 Å². The fraction of sp³-hybridized carbons (Fsp3) is 0.429. The summed E-state index contributed by atoms with van der Waals surface area (Å²) in [6.07, 6.45) is 1.09. The minimum Gasteiger partial charge on any atom is -0.456 e. The number of nitrogens with one attached hydrogen (secondary N) is 2. The molecule has 1 heterocycles. The molecule has 8 nitrogen and oxygen atoms in total. The Morgan fingerprint density at radius 2 is 1.58 bits per heavy atom. The molecule has 0 radical (unpaired) electrons. The number of para-hydroxylation sites is 1. The number of likely N-dealkylation sites (tertiary alicyclic amines) is 1. The standard InChI is InChI=1S/C28H35N3O5/c1-28(2,3)22-11-9-20(10-12-22)26(34)29-16-13-25(33)36-19-24(32)31-17-14-21(15-18-31)27(35)30-23-7-5-4-6-8-23/h4-12,21H,13-19H2,1-3H3,(H,29,34)(H,30,35). The van der Waals surface area contributed by atoms with Crippen LogP contribution in [-0.2, 0) is 24.5 Å². The van der Waals surface area contributed by atoms with Crippen molar-refractivity contribution in [3.8, 4) is 0 Å². The van der Waals surface area contributed by atoms with Gasteiger partial charge in [0.1, 0.15) is 0 Å². The summed E-state index contributed by atoms with van der Waals surface area (Å²) in [7, 11) is 0. The van der Waals surface area contributed by atoms with E-state index in [9.17, 15) is 19.2 Å². The van der Waals surface area contributed by atoms with Crippen molar-refractivity contribution in [2.75, 3.05) is 31.6 Å². The SMILES string of the molecule is CC(C)(C)c1ccc(C(=O)NCCC(=O)OCC(=O)N2CCC(C(=O)Nc3ccccc3)CC2)cc1. The van der Waals surface area contributed by atoms with E-state index in [1.54, 1.807) is 17.0 Å². The third-order valence-corrected chi connectivity index (χ3v) is 6.24. The highest BCUT2D eigenvalue weighted by Crippen LogP contribution is 2.22. The van der Waals surface area contributed by atoms with Crippen LogP contribution in [0, 0.1) is 5.92 Å². The number of ether oxygens (including phenoxy) is 1. The lowest BCUT2D eigenvalue weighted by molar-refractivity contribution is -0.152. The minimum atomic E-state index is -0.552. The van der Waals surface area contributed by atoms with Crippen molar-refractivity contribution in [1.29, 1.82) is 0 Å². The molecule has 1 fully saturated rings. The zero-order chi connectivity index (χ0) is 26.1. The first-order chi connectivity index (χ1) is 17.1. The van der Waals surface area contributed by atoms with Gasteiger partial charge in [0.05, 0.1) is 6.42 Å². The van der Waals surface area contributed by atoms with Crippen LogP contribution in [0.15, 0.2) is 54.6 Å². The number of nitrogens with zero attached hydrogens (tertiary/aromatic N) is 1. The first kappa shape index (κ1) is 26.9. The molecule has 0 unspecified atom stereocenters. The van der Waals surface area contributed by atoms with E-state index >= 15 is 0 Å². The van der Waals surface area contributed by atoms with Gasteiger partial charge in [-0.25, -0.2) is 0 Å². The summed E-state index contributed by atoms with van der Waals surface area (Å²) < 4.78 is 5.09. The summed E-state index contributed by atoms with van der Waals surface area (Å²) in [5.74, 6) is -1.31. The van der Waals surface area contributed by atoms with Gasteiger partial charge in [-0.05, 0) is 48.1 Å². The highest BCUT2D eigenvalue weighted by atomic mass is 16.5. The smallest absolute Gasteiger partial charge is 0.308 e. The maximum atomic E-state index is 12.4. The Bertz CT molecular complexity index is 1050. The zero-order valence-corrected chi connectivity index (χ0v) is 21.2. The number of anilines is 1. The fourth-order valence-electron chi connectivity index (χ4n) is 3.96. The highest BCUT2D eigenvalue weighted by molar-refractivity contribution is 5.94. The molecule has 0 saturated carbocycles. The highest BCUT2D eigenvalue weighted by Gasteiger charge is 2.27. The molecule has 192 valence electrons. The molecule has 36 heavy (non-hydrogen) atoms. The first-order valence-electron chi connectivity index (χ1n) is 12.3. The van der Waals surface area contributed by atoms with Crippen molar-refractivity contribution in [3.63, 3.8) is 0 Å². The molecule has 0 spiro atoms. The number of piperidine rings is 1. The van der Waals surface area contributed by atoms with E-state index in [4.69, 9.17) is 4.74 Å². The number of carbonyl (C=O) groups excluding carboxylic acids is 4. The molecule has 8 heteroatoms. The molecule has 2 aromatic rings. The Morgan fingerprint density at radius 3 is 2.19 bits per heavy atom. The third kappa shape index (κ3) is 7.93. The van der Waals surface area contributed by atoms with Gasteiger partial charge in [-0.1, -0.05) is 51.1 Å². The van der Waals surface area contributed by atoms with Gasteiger partial charge in [0.15, 0.2) is 6.61 Å². The van der Waals surface area contributed by atoms with E-state index in [0.717, 1.165) is 11.3 Å². The second-order valence-electron chi connectivity index (χ2n) is 10.0. The number of amides is 3. The van der Waals surface area contributed by atoms with Gasteiger partial charge in [-0.2, -0.15) is 0 Å². The van der Waals surface area contributed by atoms with Crippen LogP contribution in [0.25, 0.3) is 0 Å². The van der Waals surface area contributed by atoms with Crippen LogP contribution in [0.5, 0.6) is 0 Å². The van der Waals surface area contributed by atoms with Gasteiger partial charge >= 0.3 is 5.97 Å². The largest absolute Gasteiger partial charge is 0.456 e. The van der Waals surface area contributed by atoms with Gasteiger partial charge < -0.3 is 20.3 Å². The lowest BCUT2D eigenvalue weighted by atomic mass is 9.87. The molecule has 1 aliphatic rings. The van der Waals surface area contributed by atoms with Crippen LogP contribution in [0.3, 0.4) is 0 Å². The molecular weight excluding hydrogens is 458 g/mol. The quantitative estimate of drug-likeness (QED) is 0.548. The Labute approximate surface area is 212 Å². The summed E-state index contributed by atoms with van der Waals surface area (Å²) in [6.45, 7) is 6.96. The number of rotatable bonds is 8. The molecular formula is C28H35N3O5. The second kappa shape index (κ2) is 12.3. The average Bonchev–Trinajstić information content (AvgIpc) is 2.87. The fourth-order valence-corrected chi connectivity index (χ4v) is 3.96. The normalized spacial score (nSPS) is 14.1. The van der Waals surface area contributed by atoms with E-state index in [-0.39, 0.29) is 48.6 Å². The van der Waals surface area contributed by atoms with Crippen molar-refractivity contribution in [1.82, 2.24) is 10.2 Å². The van der Waals surface area contributed by atoms with Crippen molar-refractivity contribution < 1.29 is 23.9 Å². The lowest BCUT2D eigenvalue weighted by Gasteiger charge is -2.31. The number of hydrogen-bond donors (Lipinski definition) is 2. The molecule has 1 aliphatic heterocycles. The van der Waals surface area contributed by atoms with Gasteiger partial charge in [0, 0.05) is 36.8 Å². The summed E-state index contributed by atoms with van der Waals surface area (Å²) in [5, 5.41) is 5.60. The molecule has 3 rings (SSSR count). The maximum Gasteiger partial charge on any atom is 0.308 e. The molecule has 0 bridgehead atoms. The summed E-state index contributed by atoms with van der Waals surface area (Å²) in [5.41, 5.74) is 2.41. The van der Waals surface area contributed by atoms with Crippen LogP contribution in [0.4, 0.5) is 5.69 Å². The number of carbonyl (C=O) groups is 4. The van der Waals surface area contributed by atoms with Gasteiger partial charge in [0.2, 0.25) is 5.91 Å². The van der Waals surface area contributed by atoms with Crippen molar-refractivity contribution in [2.45, 2.75) is 45.4 Å². The minimum absolute atomic E-state index is 0.00308. The van der Waals surface area contributed by atoms with E-state index in [2.05, 4.69) is 31.4 Å². The predicted molar refractivity (Wildman–Crippen MR) is 137 cm³/mol. The molecule has 3 amide bonds. The number of esters is 1. The Balaban J connectivity index is 1.32. The topological polar surface area (TPSA) is 105 Å². The third-order valence-electron chi connectivity index (χ3n) is 6.24. The zero-order valence-electron chi connectivity index (χ0n) is 21.2. The number of hydrogen-bond acceptors (Lipinski definition) is 5. The second-order valence-corrected chi connectivity index (χ2v) is 10.0. The van der Waals surface area contributed by atoms with E-state index in [1.165, 1.54) is 0 Å². The molecule has 2 N–H and O–H groups in total. The van der Waals surface area contributed by atoms with E-state index in [1.807, 2.05) is 42.5 Å². The average molecular weight is 494 g/mol. The van der Waals surface area contributed by atoms with Crippen LogP contribution >= 0.6 is 0 Å². The molecule has 0 atom stereocenters. The predicted octanol–water partition coefficient (Wildman–Crippen LogP) is 3.52. The summed E-state index contributed by atoms with van der Waals surface area (Å²) in [6, 6.07) is 16.6. The van der Waals surface area contributed by atoms with E-state index in [0.29, 0.717) is 31.5 Å². The summed E-state index contributed by atoms with van der Waals surface area (Å²) in [4.78, 5) is 50.8.